The molecule has 0 N–H and O–H groups in total. The molecule has 0 bridgehead atoms. The molecule has 2 heterocycles. The minimum absolute atomic E-state index is 0.0931. The number of halogens is 1. The molecular weight excluding hydrogens is 402 g/mol. The maximum Gasteiger partial charge on any atom is 0.261 e. The van der Waals surface area contributed by atoms with Crippen LogP contribution in [0.15, 0.2) is 21.4 Å². The van der Waals surface area contributed by atoms with Gasteiger partial charge < -0.3 is 0 Å². The average molecular weight is 434 g/mol. The molecule has 0 radical (unpaired) electrons. The van der Waals surface area contributed by atoms with Crippen LogP contribution in [-0.2, 0) is 6.54 Å². The van der Waals surface area contributed by atoms with Gasteiger partial charge in [0.2, 0.25) is 0 Å². The van der Waals surface area contributed by atoms with Crippen molar-refractivity contribution in [1.29, 1.82) is 0 Å². The van der Waals surface area contributed by atoms with E-state index >= 15 is 0 Å². The fraction of sp³-hybridized carbons (Fsp3) is 0.636. The number of fused-ring (bicyclic) bond motifs is 1. The first-order chi connectivity index (χ1) is 12.9. The van der Waals surface area contributed by atoms with Crippen molar-refractivity contribution in [2.45, 2.75) is 66.5 Å². The standard InChI is InChI=1S/C22H32BrN3O/c1-6-8-19(25-12-14(3)11-15(4)13-25)21-24-18-10-9-17(23)16(5)20(18)22(27)26(21)7-2/h9-10,14-15,19H,6-8,11-13H2,1-5H3/t14-,15+,19?. The fourth-order valence-electron chi connectivity index (χ4n) is 4.73. The largest absolute Gasteiger partial charge is 0.295 e. The Labute approximate surface area is 171 Å². The Kier molecular flexibility index (Phi) is 6.42. The summed E-state index contributed by atoms with van der Waals surface area (Å²) in [4.78, 5) is 21.0. The highest BCUT2D eigenvalue weighted by Crippen LogP contribution is 2.32. The Morgan fingerprint density at radius 1 is 1.22 bits per heavy atom. The Morgan fingerprint density at radius 2 is 1.89 bits per heavy atom. The van der Waals surface area contributed by atoms with Crippen LogP contribution in [0.4, 0.5) is 0 Å². The summed E-state index contributed by atoms with van der Waals surface area (Å²) in [6, 6.07) is 4.19. The van der Waals surface area contributed by atoms with Gasteiger partial charge in [0.15, 0.2) is 0 Å². The molecule has 0 amide bonds. The zero-order chi connectivity index (χ0) is 19.7. The molecule has 0 saturated carbocycles. The van der Waals surface area contributed by atoms with Crippen LogP contribution in [0.5, 0.6) is 0 Å². The van der Waals surface area contributed by atoms with Crippen molar-refractivity contribution in [3.8, 4) is 0 Å². The van der Waals surface area contributed by atoms with E-state index in [9.17, 15) is 4.79 Å². The van der Waals surface area contributed by atoms with Crippen LogP contribution in [0.2, 0.25) is 0 Å². The summed E-state index contributed by atoms with van der Waals surface area (Å²) in [6.07, 6.45) is 3.40. The highest BCUT2D eigenvalue weighted by molar-refractivity contribution is 9.10. The molecule has 3 atom stereocenters. The van der Waals surface area contributed by atoms with Crippen molar-refractivity contribution in [1.82, 2.24) is 14.5 Å². The van der Waals surface area contributed by atoms with Crippen LogP contribution in [0.1, 0.15) is 64.4 Å². The second-order valence-corrected chi connectivity index (χ2v) is 9.14. The topological polar surface area (TPSA) is 38.1 Å². The lowest BCUT2D eigenvalue weighted by atomic mass is 9.90. The lowest BCUT2D eigenvalue weighted by Crippen LogP contribution is -2.43. The monoisotopic (exact) mass is 433 g/mol. The fourth-order valence-corrected chi connectivity index (χ4v) is 5.06. The van der Waals surface area contributed by atoms with Crippen LogP contribution < -0.4 is 5.56 Å². The van der Waals surface area contributed by atoms with E-state index in [-0.39, 0.29) is 11.6 Å². The summed E-state index contributed by atoms with van der Waals surface area (Å²) >= 11 is 3.56. The van der Waals surface area contributed by atoms with E-state index in [1.54, 1.807) is 0 Å². The second kappa shape index (κ2) is 8.44. The predicted octanol–water partition coefficient (Wildman–Crippen LogP) is 5.31. The maximum atomic E-state index is 13.4. The normalized spacial score (nSPS) is 22.3. The molecule has 1 aromatic carbocycles. The van der Waals surface area contributed by atoms with Crippen molar-refractivity contribution in [3.63, 3.8) is 0 Å². The Balaban J connectivity index is 2.17. The molecule has 1 aliphatic heterocycles. The van der Waals surface area contributed by atoms with Crippen molar-refractivity contribution < 1.29 is 0 Å². The summed E-state index contributed by atoms with van der Waals surface area (Å²) in [7, 11) is 0. The molecule has 0 spiro atoms. The zero-order valence-corrected chi connectivity index (χ0v) is 18.8. The van der Waals surface area contributed by atoms with Gasteiger partial charge in [-0.2, -0.15) is 0 Å². The number of rotatable bonds is 5. The smallest absolute Gasteiger partial charge is 0.261 e. The van der Waals surface area contributed by atoms with Gasteiger partial charge >= 0.3 is 0 Å². The summed E-state index contributed by atoms with van der Waals surface area (Å²) in [5.41, 5.74) is 1.89. The summed E-state index contributed by atoms with van der Waals surface area (Å²) in [6.45, 7) is 13.8. The van der Waals surface area contributed by atoms with Gasteiger partial charge in [-0.15, -0.1) is 0 Å². The zero-order valence-electron chi connectivity index (χ0n) is 17.3. The van der Waals surface area contributed by atoms with Crippen molar-refractivity contribution >= 4 is 26.8 Å². The van der Waals surface area contributed by atoms with E-state index in [2.05, 4.69) is 48.5 Å². The Bertz CT molecular complexity index is 866. The number of benzene rings is 1. The van der Waals surface area contributed by atoms with Gasteiger partial charge in [-0.05, 0) is 56.2 Å². The van der Waals surface area contributed by atoms with Gasteiger partial charge in [-0.25, -0.2) is 4.98 Å². The molecule has 1 saturated heterocycles. The van der Waals surface area contributed by atoms with Crippen LogP contribution in [0.3, 0.4) is 0 Å². The third-order valence-electron chi connectivity index (χ3n) is 5.86. The van der Waals surface area contributed by atoms with Crippen LogP contribution in [0.25, 0.3) is 10.9 Å². The second-order valence-electron chi connectivity index (χ2n) is 8.29. The molecule has 0 aliphatic carbocycles. The molecule has 1 fully saturated rings. The van der Waals surface area contributed by atoms with Gasteiger partial charge in [0, 0.05) is 24.1 Å². The third-order valence-corrected chi connectivity index (χ3v) is 6.72. The van der Waals surface area contributed by atoms with Crippen LogP contribution in [-0.4, -0.2) is 27.5 Å². The lowest BCUT2D eigenvalue weighted by molar-refractivity contribution is 0.0836. The van der Waals surface area contributed by atoms with Crippen molar-refractivity contribution in [2.75, 3.05) is 13.1 Å². The predicted molar refractivity (Wildman–Crippen MR) is 116 cm³/mol. The lowest BCUT2D eigenvalue weighted by Gasteiger charge is -2.40. The van der Waals surface area contributed by atoms with E-state index in [0.717, 1.165) is 52.7 Å². The molecular formula is C22H32BrN3O. The van der Waals surface area contributed by atoms with Crippen molar-refractivity contribution in [3.05, 3.63) is 38.3 Å². The van der Waals surface area contributed by atoms with Gasteiger partial charge in [0.05, 0.1) is 16.9 Å². The van der Waals surface area contributed by atoms with E-state index in [1.165, 1.54) is 6.42 Å². The Hall–Kier alpha value is -1.20. The van der Waals surface area contributed by atoms with E-state index < -0.39 is 0 Å². The van der Waals surface area contributed by atoms with Gasteiger partial charge in [0.25, 0.3) is 5.56 Å². The number of piperidine rings is 1. The quantitative estimate of drug-likeness (QED) is 0.641. The molecule has 148 valence electrons. The van der Waals surface area contributed by atoms with Gasteiger partial charge in [-0.3, -0.25) is 14.3 Å². The highest BCUT2D eigenvalue weighted by Gasteiger charge is 2.31. The first kappa shape index (κ1) is 20.5. The molecule has 1 aromatic heterocycles. The Morgan fingerprint density at radius 3 is 2.48 bits per heavy atom. The number of nitrogens with zero attached hydrogens (tertiary/aromatic N) is 3. The van der Waals surface area contributed by atoms with E-state index in [0.29, 0.717) is 18.4 Å². The number of likely N-dealkylation sites (tertiary alicyclic amines) is 1. The highest BCUT2D eigenvalue weighted by atomic mass is 79.9. The summed E-state index contributed by atoms with van der Waals surface area (Å²) in [5.74, 6) is 2.32. The molecule has 4 nitrogen and oxygen atoms in total. The SMILES string of the molecule is CCCC(c1nc2ccc(Br)c(C)c2c(=O)n1CC)N1C[C@H](C)C[C@H](C)C1. The molecule has 2 aromatic rings. The van der Waals surface area contributed by atoms with E-state index in [1.807, 2.05) is 23.6 Å². The van der Waals surface area contributed by atoms with Crippen LogP contribution >= 0.6 is 15.9 Å². The first-order valence-corrected chi connectivity index (χ1v) is 11.1. The summed E-state index contributed by atoms with van der Waals surface area (Å²) in [5, 5.41) is 0.741. The number of hydrogen-bond acceptors (Lipinski definition) is 3. The third kappa shape index (κ3) is 4.00. The number of hydrogen-bond donors (Lipinski definition) is 0. The number of aryl methyl sites for hydroxylation is 1. The average Bonchev–Trinajstić information content (AvgIpc) is 2.61. The van der Waals surface area contributed by atoms with Gasteiger partial charge in [0.1, 0.15) is 5.82 Å². The molecule has 1 unspecified atom stereocenters. The molecule has 3 rings (SSSR count). The van der Waals surface area contributed by atoms with E-state index in [4.69, 9.17) is 4.98 Å². The van der Waals surface area contributed by atoms with Gasteiger partial charge in [-0.1, -0.05) is 43.1 Å². The number of aromatic nitrogens is 2. The molecule has 27 heavy (non-hydrogen) atoms. The minimum Gasteiger partial charge on any atom is -0.295 e. The van der Waals surface area contributed by atoms with Crippen LogP contribution in [0, 0.1) is 18.8 Å². The van der Waals surface area contributed by atoms with Crippen molar-refractivity contribution in [2.24, 2.45) is 11.8 Å². The molecule has 1 aliphatic rings. The maximum absolute atomic E-state index is 13.4. The molecule has 5 heteroatoms. The minimum atomic E-state index is 0.0931. The summed E-state index contributed by atoms with van der Waals surface area (Å²) < 4.78 is 2.87. The first-order valence-electron chi connectivity index (χ1n) is 10.3.